The van der Waals surface area contributed by atoms with Gasteiger partial charge < -0.3 is 5.32 Å². The van der Waals surface area contributed by atoms with E-state index in [1.165, 1.54) is 38.5 Å². The third-order valence-corrected chi connectivity index (χ3v) is 4.36. The first-order valence-corrected chi connectivity index (χ1v) is 7.66. The summed E-state index contributed by atoms with van der Waals surface area (Å²) in [6.45, 7) is 1.91. The number of halogens is 2. The van der Waals surface area contributed by atoms with Crippen LogP contribution in [0.2, 0.25) is 10.0 Å². The minimum absolute atomic E-state index is 0.699. The van der Waals surface area contributed by atoms with Gasteiger partial charge in [-0.2, -0.15) is 0 Å². The van der Waals surface area contributed by atoms with Gasteiger partial charge in [0.25, 0.3) is 0 Å². The molecule has 1 aromatic carbocycles. The average Bonchev–Trinajstić information content (AvgIpc) is 2.84. The number of hydrogen-bond acceptors (Lipinski definition) is 1. The molecule has 100 valence electrons. The van der Waals surface area contributed by atoms with E-state index in [2.05, 4.69) is 5.32 Å². The highest BCUT2D eigenvalue weighted by Gasteiger charge is 2.13. The molecule has 3 heteroatoms. The lowest BCUT2D eigenvalue weighted by Crippen LogP contribution is -2.15. The van der Waals surface area contributed by atoms with Gasteiger partial charge in [-0.25, -0.2) is 0 Å². The standard InChI is InChI=1S/C15H21Cl2N/c16-14-8-7-13(15(17)10-14)11-18-9-3-6-12-4-1-2-5-12/h7-8,10,12,18H,1-6,9,11H2. The van der Waals surface area contributed by atoms with Gasteiger partial charge in [-0.3, -0.25) is 0 Å². The van der Waals surface area contributed by atoms with E-state index in [1.54, 1.807) is 6.07 Å². The van der Waals surface area contributed by atoms with Gasteiger partial charge in [0, 0.05) is 16.6 Å². The van der Waals surface area contributed by atoms with Crippen LogP contribution < -0.4 is 5.32 Å². The second-order valence-corrected chi connectivity index (χ2v) is 6.05. The van der Waals surface area contributed by atoms with Crippen LogP contribution in [0, 0.1) is 5.92 Å². The van der Waals surface area contributed by atoms with E-state index in [-0.39, 0.29) is 0 Å². The van der Waals surface area contributed by atoms with Gasteiger partial charge in [0.1, 0.15) is 0 Å². The van der Waals surface area contributed by atoms with Gasteiger partial charge in [0.15, 0.2) is 0 Å². The van der Waals surface area contributed by atoms with E-state index >= 15 is 0 Å². The van der Waals surface area contributed by atoms with Crippen molar-refractivity contribution in [2.24, 2.45) is 5.92 Å². The molecule has 0 unspecified atom stereocenters. The highest BCUT2D eigenvalue weighted by molar-refractivity contribution is 6.35. The molecule has 0 bridgehead atoms. The largest absolute Gasteiger partial charge is 0.313 e. The van der Waals surface area contributed by atoms with Crippen LogP contribution in [0.1, 0.15) is 44.1 Å². The fourth-order valence-electron chi connectivity index (χ4n) is 2.70. The molecule has 2 rings (SSSR count). The van der Waals surface area contributed by atoms with Crippen molar-refractivity contribution in [3.63, 3.8) is 0 Å². The zero-order valence-electron chi connectivity index (χ0n) is 10.7. The van der Waals surface area contributed by atoms with Crippen molar-refractivity contribution >= 4 is 23.2 Å². The van der Waals surface area contributed by atoms with E-state index in [0.29, 0.717) is 5.02 Å². The lowest BCUT2D eigenvalue weighted by molar-refractivity contribution is 0.470. The fraction of sp³-hybridized carbons (Fsp3) is 0.600. The maximum Gasteiger partial charge on any atom is 0.0465 e. The molecule has 0 aliphatic heterocycles. The number of benzene rings is 1. The fourth-order valence-corrected chi connectivity index (χ4v) is 3.18. The van der Waals surface area contributed by atoms with Gasteiger partial charge in [-0.05, 0) is 43.0 Å². The van der Waals surface area contributed by atoms with Crippen LogP contribution in [-0.2, 0) is 6.54 Å². The monoisotopic (exact) mass is 285 g/mol. The zero-order chi connectivity index (χ0) is 12.8. The Morgan fingerprint density at radius 1 is 1.17 bits per heavy atom. The molecule has 0 saturated heterocycles. The molecule has 1 aliphatic carbocycles. The van der Waals surface area contributed by atoms with Crippen LogP contribution in [0.5, 0.6) is 0 Å². The first kappa shape index (κ1) is 14.2. The quantitative estimate of drug-likeness (QED) is 0.721. The van der Waals surface area contributed by atoms with Gasteiger partial charge >= 0.3 is 0 Å². The molecule has 1 aromatic rings. The van der Waals surface area contributed by atoms with E-state index < -0.39 is 0 Å². The Kier molecular flexibility index (Phi) is 5.81. The summed E-state index contributed by atoms with van der Waals surface area (Å²) in [7, 11) is 0. The van der Waals surface area contributed by atoms with E-state index in [0.717, 1.165) is 29.6 Å². The molecule has 1 nitrogen and oxygen atoms in total. The lowest BCUT2D eigenvalue weighted by atomic mass is 10.0. The number of hydrogen-bond donors (Lipinski definition) is 1. The Morgan fingerprint density at radius 3 is 2.67 bits per heavy atom. The highest BCUT2D eigenvalue weighted by Crippen LogP contribution is 2.28. The molecular formula is C15H21Cl2N. The molecule has 1 aliphatic rings. The van der Waals surface area contributed by atoms with Crippen LogP contribution in [0.15, 0.2) is 18.2 Å². The summed E-state index contributed by atoms with van der Waals surface area (Å²) < 4.78 is 0. The second kappa shape index (κ2) is 7.37. The number of nitrogens with one attached hydrogen (secondary N) is 1. The van der Waals surface area contributed by atoms with Crippen molar-refractivity contribution < 1.29 is 0 Å². The minimum Gasteiger partial charge on any atom is -0.313 e. The molecule has 18 heavy (non-hydrogen) atoms. The molecular weight excluding hydrogens is 265 g/mol. The molecule has 0 spiro atoms. The molecule has 1 fully saturated rings. The number of rotatable bonds is 6. The van der Waals surface area contributed by atoms with Crippen molar-refractivity contribution in [3.05, 3.63) is 33.8 Å². The normalized spacial score (nSPS) is 16.3. The minimum atomic E-state index is 0.699. The zero-order valence-corrected chi connectivity index (χ0v) is 12.2. The molecule has 0 aromatic heterocycles. The lowest BCUT2D eigenvalue weighted by Gasteiger charge is -2.10. The predicted octanol–water partition coefficient (Wildman–Crippen LogP) is 5.05. The average molecular weight is 286 g/mol. The second-order valence-electron chi connectivity index (χ2n) is 5.21. The summed E-state index contributed by atoms with van der Waals surface area (Å²) in [6, 6.07) is 5.69. The summed E-state index contributed by atoms with van der Waals surface area (Å²) in [5, 5.41) is 4.91. The third kappa shape index (κ3) is 4.46. The molecule has 1 N–H and O–H groups in total. The summed E-state index contributed by atoms with van der Waals surface area (Å²) in [4.78, 5) is 0. The third-order valence-electron chi connectivity index (χ3n) is 3.77. The van der Waals surface area contributed by atoms with Gasteiger partial charge in [0.05, 0.1) is 0 Å². The molecule has 0 heterocycles. The van der Waals surface area contributed by atoms with Crippen LogP contribution in [0.3, 0.4) is 0 Å². The van der Waals surface area contributed by atoms with Crippen LogP contribution in [0.4, 0.5) is 0 Å². The summed E-state index contributed by atoms with van der Waals surface area (Å²) in [5.41, 5.74) is 1.13. The van der Waals surface area contributed by atoms with Crippen LogP contribution in [-0.4, -0.2) is 6.54 Å². The SMILES string of the molecule is Clc1ccc(CNCCCC2CCCC2)c(Cl)c1. The molecule has 1 saturated carbocycles. The van der Waals surface area contributed by atoms with Crippen molar-refractivity contribution in [1.29, 1.82) is 0 Å². The molecule has 0 radical (unpaired) electrons. The molecule has 0 atom stereocenters. The molecule has 0 amide bonds. The van der Waals surface area contributed by atoms with Crippen molar-refractivity contribution in [3.8, 4) is 0 Å². The maximum atomic E-state index is 6.12. The van der Waals surface area contributed by atoms with Gasteiger partial charge in [-0.1, -0.05) is 55.0 Å². The summed E-state index contributed by atoms with van der Waals surface area (Å²) in [5.74, 6) is 0.992. The Bertz CT molecular complexity index is 373. The Morgan fingerprint density at radius 2 is 1.94 bits per heavy atom. The van der Waals surface area contributed by atoms with Crippen molar-refractivity contribution in [1.82, 2.24) is 5.32 Å². The van der Waals surface area contributed by atoms with E-state index in [4.69, 9.17) is 23.2 Å². The van der Waals surface area contributed by atoms with E-state index in [9.17, 15) is 0 Å². The summed E-state index contributed by atoms with van der Waals surface area (Å²) >= 11 is 12.0. The topological polar surface area (TPSA) is 12.0 Å². The smallest absolute Gasteiger partial charge is 0.0465 e. The predicted molar refractivity (Wildman–Crippen MR) is 79.4 cm³/mol. The van der Waals surface area contributed by atoms with E-state index in [1.807, 2.05) is 12.1 Å². The Balaban J connectivity index is 1.62. The van der Waals surface area contributed by atoms with Crippen molar-refractivity contribution in [2.75, 3.05) is 6.54 Å². The Hall–Kier alpha value is -0.240. The Labute approximate surface area is 120 Å². The maximum absolute atomic E-state index is 6.12. The first-order chi connectivity index (χ1) is 8.75. The van der Waals surface area contributed by atoms with Crippen LogP contribution in [0.25, 0.3) is 0 Å². The first-order valence-electron chi connectivity index (χ1n) is 6.90. The van der Waals surface area contributed by atoms with Crippen LogP contribution >= 0.6 is 23.2 Å². The summed E-state index contributed by atoms with van der Waals surface area (Å²) in [6.07, 6.45) is 8.43. The van der Waals surface area contributed by atoms with Crippen molar-refractivity contribution in [2.45, 2.75) is 45.1 Å². The van der Waals surface area contributed by atoms with Gasteiger partial charge in [0.2, 0.25) is 0 Å². The highest BCUT2D eigenvalue weighted by atomic mass is 35.5. The van der Waals surface area contributed by atoms with Gasteiger partial charge in [-0.15, -0.1) is 0 Å².